The van der Waals surface area contributed by atoms with Crippen LogP contribution in [0.25, 0.3) is 0 Å². The average molecular weight is 302 g/mol. The molecular formula is C16H12ClNO3. The molecule has 106 valence electrons. The molecule has 0 saturated carbocycles. The molecular weight excluding hydrogens is 290 g/mol. The number of aromatic carboxylic acids is 1. The molecule has 1 N–H and O–H groups in total. The lowest BCUT2D eigenvalue weighted by atomic mass is 9.98. The number of carboxylic acids is 1. The van der Waals surface area contributed by atoms with Gasteiger partial charge in [-0.15, -0.1) is 0 Å². The van der Waals surface area contributed by atoms with Crippen molar-refractivity contribution in [2.75, 3.05) is 11.4 Å². The highest BCUT2D eigenvalue weighted by Crippen LogP contribution is 2.28. The summed E-state index contributed by atoms with van der Waals surface area (Å²) in [6.45, 7) is 0.524. The summed E-state index contributed by atoms with van der Waals surface area (Å²) in [5.41, 5.74) is 2.24. The number of carbonyl (C=O) groups excluding carboxylic acids is 1. The van der Waals surface area contributed by atoms with Crippen LogP contribution in [0.2, 0.25) is 5.02 Å². The van der Waals surface area contributed by atoms with E-state index in [0.29, 0.717) is 17.8 Å². The molecule has 0 atom stereocenters. The van der Waals surface area contributed by atoms with Crippen LogP contribution in [0.5, 0.6) is 0 Å². The highest BCUT2D eigenvalue weighted by molar-refractivity contribution is 6.33. The van der Waals surface area contributed by atoms with E-state index in [1.165, 1.54) is 12.1 Å². The lowest BCUT2D eigenvalue weighted by molar-refractivity contribution is 0.0696. The zero-order valence-electron chi connectivity index (χ0n) is 11.0. The van der Waals surface area contributed by atoms with Crippen LogP contribution in [0, 0.1) is 0 Å². The number of amides is 1. The van der Waals surface area contributed by atoms with Gasteiger partial charge in [0.1, 0.15) is 0 Å². The van der Waals surface area contributed by atoms with E-state index in [1.807, 2.05) is 18.2 Å². The molecule has 1 amide bonds. The number of carboxylic acid groups (broad SMARTS) is 1. The van der Waals surface area contributed by atoms with Crippen LogP contribution >= 0.6 is 11.6 Å². The summed E-state index contributed by atoms with van der Waals surface area (Å²) < 4.78 is 0. The molecule has 1 aliphatic rings. The van der Waals surface area contributed by atoms with E-state index >= 15 is 0 Å². The van der Waals surface area contributed by atoms with Gasteiger partial charge in [-0.25, -0.2) is 4.79 Å². The average Bonchev–Trinajstić information content (AvgIpc) is 2.48. The first-order valence-electron chi connectivity index (χ1n) is 6.50. The number of carbonyl (C=O) groups is 2. The maximum Gasteiger partial charge on any atom is 0.337 e. The zero-order chi connectivity index (χ0) is 15.0. The largest absolute Gasteiger partial charge is 0.478 e. The molecule has 0 spiro atoms. The van der Waals surface area contributed by atoms with Gasteiger partial charge in [-0.3, -0.25) is 4.79 Å². The monoisotopic (exact) mass is 301 g/mol. The third kappa shape index (κ3) is 2.38. The van der Waals surface area contributed by atoms with Crippen molar-refractivity contribution < 1.29 is 14.7 Å². The number of hydrogen-bond donors (Lipinski definition) is 1. The van der Waals surface area contributed by atoms with E-state index in [4.69, 9.17) is 16.7 Å². The van der Waals surface area contributed by atoms with Gasteiger partial charge in [0.15, 0.2) is 0 Å². The molecule has 2 aromatic rings. The molecule has 5 heteroatoms. The maximum atomic E-state index is 12.5. The van der Waals surface area contributed by atoms with Gasteiger partial charge in [0.25, 0.3) is 5.91 Å². The van der Waals surface area contributed by atoms with Crippen LogP contribution in [0.4, 0.5) is 5.69 Å². The zero-order valence-corrected chi connectivity index (χ0v) is 11.8. The van der Waals surface area contributed by atoms with E-state index in [-0.39, 0.29) is 16.5 Å². The Morgan fingerprint density at radius 2 is 1.95 bits per heavy atom. The molecule has 3 rings (SSSR count). The van der Waals surface area contributed by atoms with Crippen LogP contribution < -0.4 is 4.90 Å². The number of rotatable bonds is 2. The summed E-state index contributed by atoms with van der Waals surface area (Å²) in [7, 11) is 0. The normalized spacial score (nSPS) is 14.0. The number of hydrogen-bond acceptors (Lipinski definition) is 2. The predicted octanol–water partition coefficient (Wildman–Crippen LogP) is 3.24. The van der Waals surface area contributed by atoms with Gasteiger partial charge >= 0.3 is 5.97 Å². The van der Waals surface area contributed by atoms with Crippen LogP contribution in [0.15, 0.2) is 42.5 Å². The second kappa shape index (κ2) is 5.22. The molecule has 0 unspecified atom stereocenters. The first-order valence-corrected chi connectivity index (χ1v) is 6.88. The van der Waals surface area contributed by atoms with E-state index < -0.39 is 5.97 Å². The number of halogens is 1. The highest BCUT2D eigenvalue weighted by Gasteiger charge is 2.25. The molecule has 0 bridgehead atoms. The summed E-state index contributed by atoms with van der Waals surface area (Å²) in [5, 5.41) is 9.29. The lowest BCUT2D eigenvalue weighted by Gasteiger charge is -2.28. The van der Waals surface area contributed by atoms with Gasteiger partial charge < -0.3 is 10.0 Å². The summed E-state index contributed by atoms with van der Waals surface area (Å²) in [6.07, 6.45) is 0.743. The summed E-state index contributed by atoms with van der Waals surface area (Å²) in [4.78, 5) is 25.3. The van der Waals surface area contributed by atoms with Gasteiger partial charge in [0.05, 0.1) is 10.6 Å². The number of anilines is 1. The van der Waals surface area contributed by atoms with Crippen molar-refractivity contribution in [1.29, 1.82) is 0 Å². The Hall–Kier alpha value is -2.33. The third-order valence-corrected chi connectivity index (χ3v) is 3.92. The first kappa shape index (κ1) is 13.6. The van der Waals surface area contributed by atoms with E-state index in [1.54, 1.807) is 17.0 Å². The van der Waals surface area contributed by atoms with Gasteiger partial charge in [-0.05, 0) is 36.2 Å². The molecule has 0 radical (unpaired) electrons. The molecule has 1 heterocycles. The van der Waals surface area contributed by atoms with Crippen molar-refractivity contribution in [3.63, 3.8) is 0 Å². The summed E-state index contributed by atoms with van der Waals surface area (Å²) >= 11 is 5.86. The van der Waals surface area contributed by atoms with Gasteiger partial charge in [0, 0.05) is 17.8 Å². The molecule has 0 aliphatic carbocycles. The predicted molar refractivity (Wildman–Crippen MR) is 80.2 cm³/mol. The van der Waals surface area contributed by atoms with Crippen molar-refractivity contribution >= 4 is 29.2 Å². The molecule has 21 heavy (non-hydrogen) atoms. The maximum absolute atomic E-state index is 12.5. The Balaban J connectivity index is 2.01. The summed E-state index contributed by atoms with van der Waals surface area (Å²) in [6, 6.07) is 12.1. The quantitative estimate of drug-likeness (QED) is 0.926. The Labute approximate surface area is 126 Å². The Bertz CT molecular complexity index is 742. The Morgan fingerprint density at radius 1 is 1.19 bits per heavy atom. The molecule has 0 fully saturated rings. The van der Waals surface area contributed by atoms with Crippen molar-refractivity contribution in [2.45, 2.75) is 6.42 Å². The Kier molecular flexibility index (Phi) is 3.39. The Morgan fingerprint density at radius 3 is 2.71 bits per heavy atom. The second-order valence-corrected chi connectivity index (χ2v) is 5.24. The van der Waals surface area contributed by atoms with E-state index in [9.17, 15) is 9.59 Å². The van der Waals surface area contributed by atoms with Crippen molar-refractivity contribution in [3.8, 4) is 0 Å². The van der Waals surface area contributed by atoms with Crippen LogP contribution in [-0.4, -0.2) is 23.5 Å². The highest BCUT2D eigenvalue weighted by atomic mass is 35.5. The van der Waals surface area contributed by atoms with Gasteiger partial charge in [-0.1, -0.05) is 29.8 Å². The van der Waals surface area contributed by atoms with Crippen LogP contribution in [-0.2, 0) is 6.42 Å². The number of nitrogens with zero attached hydrogens (tertiary/aromatic N) is 1. The molecule has 0 saturated heterocycles. The third-order valence-electron chi connectivity index (χ3n) is 3.59. The SMILES string of the molecule is O=C(O)c1cc(N2CCc3ccccc3C2=O)ccc1Cl. The fourth-order valence-corrected chi connectivity index (χ4v) is 2.72. The smallest absolute Gasteiger partial charge is 0.337 e. The topological polar surface area (TPSA) is 57.6 Å². The molecule has 1 aliphatic heterocycles. The van der Waals surface area contributed by atoms with Crippen LogP contribution in [0.1, 0.15) is 26.3 Å². The molecule has 0 aromatic heterocycles. The van der Waals surface area contributed by atoms with Gasteiger partial charge in [-0.2, -0.15) is 0 Å². The summed E-state index contributed by atoms with van der Waals surface area (Å²) in [5.74, 6) is -1.22. The number of fused-ring (bicyclic) bond motifs is 1. The van der Waals surface area contributed by atoms with Crippen molar-refractivity contribution in [2.24, 2.45) is 0 Å². The van der Waals surface area contributed by atoms with Crippen molar-refractivity contribution in [3.05, 3.63) is 64.2 Å². The first-order chi connectivity index (χ1) is 10.1. The minimum Gasteiger partial charge on any atom is -0.478 e. The molecule has 2 aromatic carbocycles. The fraction of sp³-hybridized carbons (Fsp3) is 0.125. The van der Waals surface area contributed by atoms with Crippen LogP contribution in [0.3, 0.4) is 0 Å². The van der Waals surface area contributed by atoms with E-state index in [2.05, 4.69) is 0 Å². The second-order valence-electron chi connectivity index (χ2n) is 4.83. The minimum atomic E-state index is -1.10. The standard InChI is InChI=1S/C16H12ClNO3/c17-14-6-5-11(9-13(14)16(20)21)18-8-7-10-3-1-2-4-12(10)15(18)19/h1-6,9H,7-8H2,(H,20,21). The molecule has 4 nitrogen and oxygen atoms in total. The van der Waals surface area contributed by atoms with Gasteiger partial charge in [0.2, 0.25) is 0 Å². The lowest BCUT2D eigenvalue weighted by Crippen LogP contribution is -2.37. The van der Waals surface area contributed by atoms with E-state index in [0.717, 1.165) is 12.0 Å². The fourth-order valence-electron chi connectivity index (χ4n) is 2.52. The number of benzene rings is 2. The minimum absolute atomic E-state index is 0.000764. The van der Waals surface area contributed by atoms with Crippen molar-refractivity contribution in [1.82, 2.24) is 0 Å².